The van der Waals surface area contributed by atoms with Crippen LogP contribution in [0, 0.1) is 13.8 Å². The smallest absolute Gasteiger partial charge is 0.257 e. The summed E-state index contributed by atoms with van der Waals surface area (Å²) in [4.78, 5) is 19.3. The lowest BCUT2D eigenvalue weighted by Crippen LogP contribution is -2.04. The average Bonchev–Trinajstić information content (AvgIpc) is 2.81. The summed E-state index contributed by atoms with van der Waals surface area (Å²) < 4.78 is 0. The van der Waals surface area contributed by atoms with Gasteiger partial charge in [-0.3, -0.25) is 4.79 Å². The van der Waals surface area contributed by atoms with Crippen LogP contribution in [0.1, 0.15) is 22.5 Å². The van der Waals surface area contributed by atoms with Gasteiger partial charge in [-0.25, -0.2) is 4.98 Å². The number of H-pyrrole nitrogens is 1. The van der Waals surface area contributed by atoms with Crippen LogP contribution in [0.5, 0.6) is 0 Å². The summed E-state index contributed by atoms with van der Waals surface area (Å²) in [6.07, 6.45) is 3.55. The van der Waals surface area contributed by atoms with Crippen molar-refractivity contribution in [2.24, 2.45) is 0 Å². The van der Waals surface area contributed by atoms with Gasteiger partial charge < -0.3 is 10.3 Å². The highest BCUT2D eigenvalue weighted by molar-refractivity contribution is 6.34. The Bertz CT molecular complexity index is 667. The van der Waals surface area contributed by atoms with Crippen LogP contribution in [0.15, 0.2) is 24.4 Å². The van der Waals surface area contributed by atoms with Crippen LogP contribution in [-0.2, 0) is 4.79 Å². The number of aryl methyl sites for hydroxylation is 2. The number of fused-ring (bicyclic) bond motifs is 1. The predicted molar refractivity (Wildman–Crippen MR) is 71.0 cm³/mol. The Morgan fingerprint density at radius 2 is 2.17 bits per heavy atom. The van der Waals surface area contributed by atoms with Gasteiger partial charge in [0.25, 0.3) is 5.91 Å². The lowest BCUT2D eigenvalue weighted by Gasteiger charge is -1.97. The first-order chi connectivity index (χ1) is 8.65. The van der Waals surface area contributed by atoms with Gasteiger partial charge in [0.15, 0.2) is 0 Å². The Morgan fingerprint density at radius 3 is 2.89 bits per heavy atom. The Morgan fingerprint density at radius 1 is 1.33 bits per heavy atom. The molecule has 0 saturated carbocycles. The van der Waals surface area contributed by atoms with Gasteiger partial charge in [-0.15, -0.1) is 0 Å². The van der Waals surface area contributed by atoms with Crippen LogP contribution in [0.2, 0.25) is 0 Å². The van der Waals surface area contributed by atoms with E-state index in [1.165, 1.54) is 0 Å². The van der Waals surface area contributed by atoms with E-state index in [1.807, 2.05) is 32.1 Å². The van der Waals surface area contributed by atoms with Gasteiger partial charge in [-0.2, -0.15) is 0 Å². The van der Waals surface area contributed by atoms with Crippen LogP contribution in [0.25, 0.3) is 11.6 Å². The molecule has 2 aromatic heterocycles. The number of aromatic nitrogens is 2. The van der Waals surface area contributed by atoms with Crippen molar-refractivity contribution in [1.29, 1.82) is 0 Å². The number of amides is 1. The lowest BCUT2D eigenvalue weighted by atomic mass is 10.1. The second-order valence-corrected chi connectivity index (χ2v) is 4.46. The minimum Gasteiger partial charge on any atom is -0.359 e. The number of rotatable bonds is 1. The fraction of sp³-hybridized carbons (Fsp3) is 0.143. The van der Waals surface area contributed by atoms with Crippen molar-refractivity contribution >= 4 is 23.4 Å². The number of carbonyl (C=O) groups is 1. The molecule has 3 rings (SSSR count). The third-order valence-electron chi connectivity index (χ3n) is 3.05. The Hall–Kier alpha value is -2.36. The van der Waals surface area contributed by atoms with Gasteiger partial charge in [0.1, 0.15) is 5.82 Å². The standard InChI is InChI=1S/C14H13N3O/c1-8-6-9(2)16-12(8)7-11-10-4-3-5-15-13(10)17-14(11)18/h3-7,16H,1-2H3,(H,15,17,18)/b11-7+. The van der Waals surface area contributed by atoms with Crippen molar-refractivity contribution in [3.8, 4) is 0 Å². The zero-order valence-electron chi connectivity index (χ0n) is 10.2. The summed E-state index contributed by atoms with van der Waals surface area (Å²) in [6, 6.07) is 5.79. The number of nitrogens with zero attached hydrogens (tertiary/aromatic N) is 1. The molecule has 0 aromatic carbocycles. The molecule has 0 aliphatic carbocycles. The zero-order chi connectivity index (χ0) is 12.7. The molecule has 18 heavy (non-hydrogen) atoms. The van der Waals surface area contributed by atoms with E-state index in [0.717, 1.165) is 22.5 Å². The summed E-state index contributed by atoms with van der Waals surface area (Å²) in [5, 5.41) is 2.76. The highest BCUT2D eigenvalue weighted by Gasteiger charge is 2.24. The van der Waals surface area contributed by atoms with E-state index in [9.17, 15) is 4.79 Å². The molecule has 4 heteroatoms. The Labute approximate surface area is 105 Å². The quantitative estimate of drug-likeness (QED) is 0.751. The lowest BCUT2D eigenvalue weighted by molar-refractivity contribution is -0.110. The number of carbonyl (C=O) groups excluding carboxylic acids is 1. The van der Waals surface area contributed by atoms with Gasteiger partial charge >= 0.3 is 0 Å². The van der Waals surface area contributed by atoms with Crippen molar-refractivity contribution in [3.63, 3.8) is 0 Å². The monoisotopic (exact) mass is 239 g/mol. The van der Waals surface area contributed by atoms with E-state index in [4.69, 9.17) is 0 Å². The maximum Gasteiger partial charge on any atom is 0.257 e. The number of anilines is 1. The second-order valence-electron chi connectivity index (χ2n) is 4.46. The normalized spacial score (nSPS) is 15.9. The summed E-state index contributed by atoms with van der Waals surface area (Å²) in [7, 11) is 0. The van der Waals surface area contributed by atoms with E-state index in [2.05, 4.69) is 21.4 Å². The fourth-order valence-corrected chi connectivity index (χ4v) is 2.21. The number of aromatic amines is 1. The van der Waals surface area contributed by atoms with Gasteiger partial charge in [0.2, 0.25) is 0 Å². The van der Waals surface area contributed by atoms with E-state index >= 15 is 0 Å². The van der Waals surface area contributed by atoms with Crippen molar-refractivity contribution in [1.82, 2.24) is 9.97 Å². The third-order valence-corrected chi connectivity index (χ3v) is 3.05. The van der Waals surface area contributed by atoms with Crippen molar-refractivity contribution in [2.75, 3.05) is 5.32 Å². The maximum absolute atomic E-state index is 11.9. The Balaban J connectivity index is 2.12. The van der Waals surface area contributed by atoms with E-state index in [-0.39, 0.29) is 5.91 Å². The fourth-order valence-electron chi connectivity index (χ4n) is 2.21. The molecule has 4 nitrogen and oxygen atoms in total. The minimum atomic E-state index is -0.102. The average molecular weight is 239 g/mol. The molecule has 2 N–H and O–H groups in total. The van der Waals surface area contributed by atoms with E-state index in [1.54, 1.807) is 6.20 Å². The van der Waals surface area contributed by atoms with Crippen LogP contribution < -0.4 is 5.32 Å². The molecule has 0 bridgehead atoms. The van der Waals surface area contributed by atoms with Crippen LogP contribution in [0.4, 0.5) is 5.82 Å². The van der Waals surface area contributed by atoms with Gasteiger partial charge in [0.05, 0.1) is 5.57 Å². The predicted octanol–water partition coefficient (Wildman–Crippen LogP) is 2.52. The summed E-state index contributed by atoms with van der Waals surface area (Å²) in [5.74, 6) is 0.532. The number of nitrogens with one attached hydrogen (secondary N) is 2. The zero-order valence-corrected chi connectivity index (χ0v) is 10.2. The highest BCUT2D eigenvalue weighted by Crippen LogP contribution is 2.31. The molecular formula is C14H13N3O. The highest BCUT2D eigenvalue weighted by atomic mass is 16.2. The molecule has 1 aliphatic rings. The molecule has 0 fully saturated rings. The molecule has 0 radical (unpaired) electrons. The largest absolute Gasteiger partial charge is 0.359 e. The molecule has 0 unspecified atom stereocenters. The molecular weight excluding hydrogens is 226 g/mol. The number of hydrogen-bond acceptors (Lipinski definition) is 2. The second kappa shape index (κ2) is 3.84. The summed E-state index contributed by atoms with van der Waals surface area (Å²) in [5.41, 5.74) is 4.70. The first-order valence-electron chi connectivity index (χ1n) is 5.80. The molecule has 2 aromatic rings. The molecule has 0 saturated heterocycles. The van der Waals surface area contributed by atoms with Crippen molar-refractivity contribution < 1.29 is 4.79 Å². The SMILES string of the molecule is Cc1cc(C)c(/C=C2/C(=O)Nc3ncccc32)[nH]1. The van der Waals surface area contributed by atoms with Gasteiger partial charge in [0, 0.05) is 23.1 Å². The van der Waals surface area contributed by atoms with Crippen LogP contribution in [-0.4, -0.2) is 15.9 Å². The first kappa shape index (κ1) is 10.8. The van der Waals surface area contributed by atoms with Crippen LogP contribution in [0.3, 0.4) is 0 Å². The van der Waals surface area contributed by atoms with E-state index < -0.39 is 0 Å². The van der Waals surface area contributed by atoms with E-state index in [0.29, 0.717) is 11.4 Å². The van der Waals surface area contributed by atoms with Crippen molar-refractivity contribution in [3.05, 3.63) is 46.9 Å². The molecule has 1 amide bonds. The van der Waals surface area contributed by atoms with Crippen LogP contribution >= 0.6 is 0 Å². The molecule has 1 aliphatic heterocycles. The Kier molecular flexibility index (Phi) is 2.30. The minimum absolute atomic E-state index is 0.102. The molecule has 90 valence electrons. The molecule has 0 atom stereocenters. The first-order valence-corrected chi connectivity index (χ1v) is 5.80. The maximum atomic E-state index is 11.9. The topological polar surface area (TPSA) is 57.8 Å². The molecule has 3 heterocycles. The van der Waals surface area contributed by atoms with Crippen molar-refractivity contribution in [2.45, 2.75) is 13.8 Å². The van der Waals surface area contributed by atoms with Gasteiger partial charge in [-0.1, -0.05) is 0 Å². The summed E-state index contributed by atoms with van der Waals surface area (Å²) in [6.45, 7) is 4.02. The number of hydrogen-bond donors (Lipinski definition) is 2. The molecule has 0 spiro atoms. The third kappa shape index (κ3) is 1.62. The summed E-state index contributed by atoms with van der Waals surface area (Å²) >= 11 is 0. The number of pyridine rings is 1. The van der Waals surface area contributed by atoms with Gasteiger partial charge in [-0.05, 0) is 43.7 Å².